The van der Waals surface area contributed by atoms with Gasteiger partial charge >= 0.3 is 12.0 Å². The molecule has 0 aliphatic carbocycles. The molecule has 1 N–H and O–H groups in total. The Hall–Kier alpha value is -2.47. The number of aryl methyl sites for hydroxylation is 2. The van der Waals surface area contributed by atoms with Gasteiger partial charge in [0.1, 0.15) is 5.37 Å². The number of ether oxygens (including phenoxy) is 1. The van der Waals surface area contributed by atoms with Crippen LogP contribution >= 0.6 is 11.8 Å². The lowest BCUT2D eigenvalue weighted by atomic mass is 10.1. The molecule has 2 aromatic carbocycles. The maximum absolute atomic E-state index is 12.8. The monoisotopic (exact) mass is 384 g/mol. The van der Waals surface area contributed by atoms with Crippen molar-refractivity contribution in [3.63, 3.8) is 0 Å². The molecule has 5 nitrogen and oxygen atoms in total. The number of carbonyl (C=O) groups is 2. The number of urea groups is 1. The number of nitrogens with one attached hydrogen (secondary N) is 1. The molecule has 1 saturated heterocycles. The van der Waals surface area contributed by atoms with Gasteiger partial charge < -0.3 is 15.0 Å². The lowest BCUT2D eigenvalue weighted by molar-refractivity contribution is 0.0526. The number of thioether (sulfide) groups is 1. The zero-order chi connectivity index (χ0) is 19.4. The van der Waals surface area contributed by atoms with Gasteiger partial charge in [-0.1, -0.05) is 23.8 Å². The van der Waals surface area contributed by atoms with Crippen molar-refractivity contribution in [3.05, 3.63) is 64.7 Å². The summed E-state index contributed by atoms with van der Waals surface area (Å²) in [7, 11) is 0. The minimum absolute atomic E-state index is 0.0180. The van der Waals surface area contributed by atoms with E-state index in [0.717, 1.165) is 5.75 Å². The van der Waals surface area contributed by atoms with Crippen LogP contribution < -0.4 is 5.32 Å². The number of carbonyl (C=O) groups excluding carboxylic acids is 2. The number of hydrogen-bond acceptors (Lipinski definition) is 4. The minimum Gasteiger partial charge on any atom is -0.462 e. The first kappa shape index (κ1) is 19.3. The van der Waals surface area contributed by atoms with Crippen LogP contribution in [0.2, 0.25) is 0 Å². The predicted molar refractivity (Wildman–Crippen MR) is 109 cm³/mol. The van der Waals surface area contributed by atoms with Crippen LogP contribution in [0.5, 0.6) is 0 Å². The number of anilines is 1. The normalized spacial score (nSPS) is 16.3. The summed E-state index contributed by atoms with van der Waals surface area (Å²) in [6, 6.07) is 13.0. The summed E-state index contributed by atoms with van der Waals surface area (Å²) in [5.74, 6) is 0.550. The van der Waals surface area contributed by atoms with Crippen molar-refractivity contribution in [1.29, 1.82) is 0 Å². The molecule has 27 heavy (non-hydrogen) atoms. The second-order valence-electron chi connectivity index (χ2n) is 6.50. The van der Waals surface area contributed by atoms with Crippen molar-refractivity contribution in [2.75, 3.05) is 24.2 Å². The summed E-state index contributed by atoms with van der Waals surface area (Å²) < 4.78 is 4.98. The van der Waals surface area contributed by atoms with Crippen LogP contribution in [0.25, 0.3) is 0 Å². The maximum Gasteiger partial charge on any atom is 0.338 e. The molecule has 142 valence electrons. The topological polar surface area (TPSA) is 58.6 Å². The molecule has 6 heteroatoms. The zero-order valence-corrected chi connectivity index (χ0v) is 16.6. The molecule has 0 radical (unpaired) electrons. The molecule has 0 aromatic heterocycles. The first-order valence-corrected chi connectivity index (χ1v) is 10.1. The highest BCUT2D eigenvalue weighted by Crippen LogP contribution is 2.39. The van der Waals surface area contributed by atoms with Crippen molar-refractivity contribution in [1.82, 2.24) is 4.90 Å². The molecule has 1 unspecified atom stereocenters. The number of benzene rings is 2. The van der Waals surface area contributed by atoms with E-state index in [4.69, 9.17) is 4.74 Å². The van der Waals surface area contributed by atoms with E-state index in [1.165, 1.54) is 16.7 Å². The van der Waals surface area contributed by atoms with E-state index in [2.05, 4.69) is 37.4 Å². The van der Waals surface area contributed by atoms with Crippen LogP contribution in [0.4, 0.5) is 10.5 Å². The lowest BCUT2D eigenvalue weighted by Crippen LogP contribution is -2.34. The molecule has 3 rings (SSSR count). The average molecular weight is 385 g/mol. The van der Waals surface area contributed by atoms with Crippen LogP contribution in [0.1, 0.15) is 39.3 Å². The Labute approximate surface area is 164 Å². The third-order valence-corrected chi connectivity index (χ3v) is 5.73. The van der Waals surface area contributed by atoms with Gasteiger partial charge in [0.2, 0.25) is 0 Å². The van der Waals surface area contributed by atoms with Crippen LogP contribution in [-0.4, -0.2) is 35.8 Å². The fourth-order valence-electron chi connectivity index (χ4n) is 3.14. The first-order chi connectivity index (χ1) is 13.0. The number of esters is 1. The van der Waals surface area contributed by atoms with Crippen molar-refractivity contribution >= 4 is 29.4 Å². The van der Waals surface area contributed by atoms with Gasteiger partial charge in [-0.05, 0) is 56.2 Å². The van der Waals surface area contributed by atoms with Gasteiger partial charge in [-0.3, -0.25) is 0 Å². The van der Waals surface area contributed by atoms with Crippen molar-refractivity contribution in [3.8, 4) is 0 Å². The van der Waals surface area contributed by atoms with Gasteiger partial charge in [-0.2, -0.15) is 0 Å². The maximum atomic E-state index is 12.8. The Kier molecular flexibility index (Phi) is 6.06. The number of amides is 2. The summed E-state index contributed by atoms with van der Waals surface area (Å²) in [5, 5.41) is 2.95. The van der Waals surface area contributed by atoms with Gasteiger partial charge in [-0.15, -0.1) is 11.8 Å². The molecular weight excluding hydrogens is 360 g/mol. The highest BCUT2D eigenvalue weighted by atomic mass is 32.2. The lowest BCUT2D eigenvalue weighted by Gasteiger charge is -2.25. The molecule has 1 aliphatic rings. The van der Waals surface area contributed by atoms with Crippen LogP contribution in [-0.2, 0) is 4.74 Å². The minimum atomic E-state index is -0.360. The van der Waals surface area contributed by atoms with E-state index in [-0.39, 0.29) is 17.4 Å². The fraction of sp³-hybridized carbons (Fsp3) is 0.333. The van der Waals surface area contributed by atoms with Gasteiger partial charge in [-0.25, -0.2) is 9.59 Å². The summed E-state index contributed by atoms with van der Waals surface area (Å²) >= 11 is 1.78. The Bertz CT molecular complexity index is 836. The molecule has 2 aromatic rings. The largest absolute Gasteiger partial charge is 0.462 e. The quantitative estimate of drug-likeness (QED) is 0.772. The van der Waals surface area contributed by atoms with Gasteiger partial charge in [0, 0.05) is 18.0 Å². The second kappa shape index (κ2) is 8.48. The van der Waals surface area contributed by atoms with E-state index in [9.17, 15) is 9.59 Å². The van der Waals surface area contributed by atoms with Crippen molar-refractivity contribution < 1.29 is 14.3 Å². The summed E-state index contributed by atoms with van der Waals surface area (Å²) in [4.78, 5) is 26.4. The Morgan fingerprint density at radius 1 is 1.19 bits per heavy atom. The van der Waals surface area contributed by atoms with Crippen molar-refractivity contribution in [2.24, 2.45) is 0 Å². The van der Waals surface area contributed by atoms with Gasteiger partial charge in [0.25, 0.3) is 0 Å². The highest BCUT2D eigenvalue weighted by molar-refractivity contribution is 7.99. The van der Waals surface area contributed by atoms with E-state index < -0.39 is 0 Å². The van der Waals surface area contributed by atoms with E-state index in [1.807, 2.05) is 4.90 Å². The summed E-state index contributed by atoms with van der Waals surface area (Å²) in [5.41, 5.74) is 4.72. The Morgan fingerprint density at radius 2 is 1.93 bits per heavy atom. The van der Waals surface area contributed by atoms with Crippen LogP contribution in [0, 0.1) is 13.8 Å². The first-order valence-electron chi connectivity index (χ1n) is 9.03. The van der Waals surface area contributed by atoms with Crippen LogP contribution in [0.15, 0.2) is 42.5 Å². The SMILES string of the molecule is CCOC(=O)c1ccc(NC(=O)N2CCSC2c2ccc(C)cc2C)cc1. The Balaban J connectivity index is 1.70. The van der Waals surface area contributed by atoms with Crippen LogP contribution in [0.3, 0.4) is 0 Å². The standard InChI is InChI=1S/C21H24N2O3S/c1-4-26-20(24)16-6-8-17(9-7-16)22-21(25)23-11-12-27-19(23)18-10-5-14(2)13-15(18)3/h5-10,13,19H,4,11-12H2,1-3H3,(H,22,25). The molecule has 0 saturated carbocycles. The second-order valence-corrected chi connectivity index (χ2v) is 7.69. The number of hydrogen-bond donors (Lipinski definition) is 1. The van der Waals surface area contributed by atoms with E-state index in [1.54, 1.807) is 43.0 Å². The summed E-state index contributed by atoms with van der Waals surface area (Å²) in [6.45, 7) is 6.97. The van der Waals surface area contributed by atoms with Gasteiger partial charge in [0.05, 0.1) is 12.2 Å². The molecule has 1 fully saturated rings. The Morgan fingerprint density at radius 3 is 2.59 bits per heavy atom. The smallest absolute Gasteiger partial charge is 0.338 e. The van der Waals surface area contributed by atoms with E-state index >= 15 is 0 Å². The molecule has 2 amide bonds. The molecule has 1 aliphatic heterocycles. The number of rotatable bonds is 4. The molecule has 1 heterocycles. The third kappa shape index (κ3) is 4.45. The molecule has 0 spiro atoms. The molecular formula is C21H24N2O3S. The summed E-state index contributed by atoms with van der Waals surface area (Å²) in [6.07, 6.45) is 0. The number of nitrogens with zero attached hydrogens (tertiary/aromatic N) is 1. The van der Waals surface area contributed by atoms with Crippen molar-refractivity contribution in [2.45, 2.75) is 26.1 Å². The average Bonchev–Trinajstić information content (AvgIpc) is 3.12. The molecule has 1 atom stereocenters. The third-order valence-electron chi connectivity index (χ3n) is 4.49. The van der Waals surface area contributed by atoms with Gasteiger partial charge in [0.15, 0.2) is 0 Å². The van der Waals surface area contributed by atoms with E-state index in [0.29, 0.717) is 24.4 Å². The highest BCUT2D eigenvalue weighted by Gasteiger charge is 2.31. The fourth-order valence-corrected chi connectivity index (χ4v) is 4.49. The zero-order valence-electron chi connectivity index (χ0n) is 15.8. The molecule has 0 bridgehead atoms. The predicted octanol–water partition coefficient (Wildman–Crippen LogP) is 4.76.